The third-order valence-electron chi connectivity index (χ3n) is 5.03. The second-order valence-electron chi connectivity index (χ2n) is 7.99. The molecule has 8 nitrogen and oxygen atoms in total. The van der Waals surface area contributed by atoms with Crippen LogP contribution in [0.4, 0.5) is 18.9 Å². The minimum absolute atomic E-state index is 0.0564. The van der Waals surface area contributed by atoms with Crippen molar-refractivity contribution in [3.05, 3.63) is 74.9 Å². The number of aromatic nitrogens is 4. The maximum Gasteiger partial charge on any atom is 0.418 e. The highest BCUT2D eigenvalue weighted by molar-refractivity contribution is 5.91. The Morgan fingerprint density at radius 1 is 1.06 bits per heavy atom. The Labute approximate surface area is 184 Å². The van der Waals surface area contributed by atoms with Crippen molar-refractivity contribution in [1.82, 2.24) is 18.7 Å². The van der Waals surface area contributed by atoms with Gasteiger partial charge in [-0.1, -0.05) is 38.1 Å². The summed E-state index contributed by atoms with van der Waals surface area (Å²) in [6.07, 6.45) is -4.66. The minimum atomic E-state index is -4.66. The van der Waals surface area contributed by atoms with Gasteiger partial charge in [-0.2, -0.15) is 13.2 Å². The van der Waals surface area contributed by atoms with Crippen molar-refractivity contribution in [3.8, 4) is 0 Å². The van der Waals surface area contributed by atoms with E-state index in [2.05, 4.69) is 10.4 Å². The standard InChI is InChI=1S/C22H20F3N5O3/c1-13(2)11-28-19(32)14-7-3-6-10-17(14)30-20(28)27-29(21(30)33)12-18(31)26-16-9-5-4-8-15(16)22(23,24)25/h3-10,13H,11-12H2,1-2H3,(H,26,31). The van der Waals surface area contributed by atoms with Crippen molar-refractivity contribution in [2.45, 2.75) is 33.1 Å². The summed E-state index contributed by atoms with van der Waals surface area (Å²) in [6.45, 7) is 3.46. The molecule has 2 aromatic heterocycles. The van der Waals surface area contributed by atoms with Gasteiger partial charge < -0.3 is 5.32 Å². The molecule has 1 N–H and O–H groups in total. The Morgan fingerprint density at radius 3 is 2.42 bits per heavy atom. The first kappa shape index (κ1) is 22.3. The molecule has 11 heteroatoms. The SMILES string of the molecule is CC(C)Cn1c(=O)c2ccccc2n2c(=O)n(CC(=O)Nc3ccccc3C(F)(F)F)nc12. The molecule has 0 aliphatic rings. The molecule has 0 saturated carbocycles. The van der Waals surface area contributed by atoms with Gasteiger partial charge in [-0.25, -0.2) is 13.9 Å². The number of nitrogens with one attached hydrogen (secondary N) is 1. The van der Waals surface area contributed by atoms with Gasteiger partial charge in [-0.15, -0.1) is 5.10 Å². The zero-order valence-electron chi connectivity index (χ0n) is 17.8. The quantitative estimate of drug-likeness (QED) is 0.497. The highest BCUT2D eigenvalue weighted by atomic mass is 19.4. The fourth-order valence-corrected chi connectivity index (χ4v) is 3.67. The lowest BCUT2D eigenvalue weighted by Crippen LogP contribution is -2.30. The number of carbonyl (C=O) groups excluding carboxylic acids is 1. The molecule has 0 saturated heterocycles. The highest BCUT2D eigenvalue weighted by Crippen LogP contribution is 2.34. The molecule has 0 bridgehead atoms. The van der Waals surface area contributed by atoms with Crippen LogP contribution in [0.1, 0.15) is 19.4 Å². The third-order valence-corrected chi connectivity index (χ3v) is 5.03. The topological polar surface area (TPSA) is 90.4 Å². The number of para-hydroxylation sites is 2. The maximum absolute atomic E-state index is 13.2. The Balaban J connectivity index is 1.78. The van der Waals surface area contributed by atoms with E-state index in [1.165, 1.54) is 21.1 Å². The van der Waals surface area contributed by atoms with E-state index in [-0.39, 0.29) is 23.8 Å². The molecular formula is C22H20F3N5O3. The van der Waals surface area contributed by atoms with E-state index in [1.54, 1.807) is 24.3 Å². The molecule has 4 aromatic rings. The number of benzene rings is 2. The van der Waals surface area contributed by atoms with Crippen molar-refractivity contribution in [3.63, 3.8) is 0 Å². The van der Waals surface area contributed by atoms with Crippen LogP contribution in [0.25, 0.3) is 16.7 Å². The zero-order valence-corrected chi connectivity index (χ0v) is 17.8. The van der Waals surface area contributed by atoms with E-state index < -0.39 is 35.6 Å². The molecule has 0 unspecified atom stereocenters. The molecule has 0 radical (unpaired) electrons. The van der Waals surface area contributed by atoms with Crippen molar-refractivity contribution in [1.29, 1.82) is 0 Å². The van der Waals surface area contributed by atoms with E-state index in [0.717, 1.165) is 16.8 Å². The largest absolute Gasteiger partial charge is 0.418 e. The van der Waals surface area contributed by atoms with Gasteiger partial charge in [0.05, 0.1) is 22.2 Å². The molecule has 0 aliphatic carbocycles. The molecule has 2 heterocycles. The van der Waals surface area contributed by atoms with Crippen LogP contribution < -0.4 is 16.6 Å². The smallest absolute Gasteiger partial charge is 0.324 e. The summed E-state index contributed by atoms with van der Waals surface area (Å²) in [7, 11) is 0. The number of rotatable bonds is 5. The molecule has 1 amide bonds. The Morgan fingerprint density at radius 2 is 1.73 bits per heavy atom. The van der Waals surface area contributed by atoms with Crippen molar-refractivity contribution >= 4 is 28.3 Å². The summed E-state index contributed by atoms with van der Waals surface area (Å²) in [5, 5.41) is 6.69. The second kappa shape index (κ2) is 8.23. The Bertz CT molecular complexity index is 1480. The first-order chi connectivity index (χ1) is 15.6. The lowest BCUT2D eigenvalue weighted by Gasteiger charge is -2.13. The first-order valence-corrected chi connectivity index (χ1v) is 10.1. The number of carbonyl (C=O) groups is 1. The van der Waals surface area contributed by atoms with Crippen LogP contribution >= 0.6 is 0 Å². The summed E-state index contributed by atoms with van der Waals surface area (Å²) in [6, 6.07) is 11.1. The predicted molar refractivity (Wildman–Crippen MR) is 116 cm³/mol. The lowest BCUT2D eigenvalue weighted by molar-refractivity contribution is -0.137. The third kappa shape index (κ3) is 4.13. The summed E-state index contributed by atoms with van der Waals surface area (Å²) < 4.78 is 43.1. The summed E-state index contributed by atoms with van der Waals surface area (Å²) in [5.74, 6) is -0.741. The molecular weight excluding hydrogens is 439 g/mol. The molecule has 2 aromatic carbocycles. The van der Waals surface area contributed by atoms with E-state index in [0.29, 0.717) is 10.9 Å². The molecule has 172 valence electrons. The number of nitrogens with zero attached hydrogens (tertiary/aromatic N) is 4. The van der Waals surface area contributed by atoms with Gasteiger partial charge in [0, 0.05) is 6.54 Å². The van der Waals surface area contributed by atoms with Gasteiger partial charge in [-0.3, -0.25) is 14.2 Å². The van der Waals surface area contributed by atoms with Gasteiger partial charge in [0.25, 0.3) is 5.56 Å². The Kier molecular flexibility index (Phi) is 5.56. The fraction of sp³-hybridized carbons (Fsp3) is 0.273. The van der Waals surface area contributed by atoms with Crippen LogP contribution in [-0.2, 0) is 24.1 Å². The summed E-state index contributed by atoms with van der Waals surface area (Å²) in [5.41, 5.74) is -2.10. The average molecular weight is 459 g/mol. The van der Waals surface area contributed by atoms with Gasteiger partial charge in [0.1, 0.15) is 6.54 Å². The van der Waals surface area contributed by atoms with E-state index in [1.807, 2.05) is 13.8 Å². The molecule has 0 spiro atoms. The van der Waals surface area contributed by atoms with Crippen LogP contribution in [0.15, 0.2) is 58.1 Å². The molecule has 0 aliphatic heterocycles. The highest BCUT2D eigenvalue weighted by Gasteiger charge is 2.33. The van der Waals surface area contributed by atoms with Gasteiger partial charge in [0.15, 0.2) is 0 Å². The van der Waals surface area contributed by atoms with E-state index in [9.17, 15) is 27.6 Å². The number of fused-ring (bicyclic) bond motifs is 3. The summed E-state index contributed by atoms with van der Waals surface area (Å²) in [4.78, 5) is 38.6. The van der Waals surface area contributed by atoms with Crippen molar-refractivity contribution in [2.75, 3.05) is 5.32 Å². The number of anilines is 1. The monoisotopic (exact) mass is 459 g/mol. The zero-order chi connectivity index (χ0) is 23.9. The molecule has 33 heavy (non-hydrogen) atoms. The first-order valence-electron chi connectivity index (χ1n) is 10.1. The lowest BCUT2D eigenvalue weighted by atomic mass is 10.1. The van der Waals surface area contributed by atoms with Gasteiger partial charge in [0.2, 0.25) is 11.7 Å². The van der Waals surface area contributed by atoms with Crippen molar-refractivity contribution in [2.24, 2.45) is 5.92 Å². The van der Waals surface area contributed by atoms with Crippen LogP contribution in [0.3, 0.4) is 0 Å². The summed E-state index contributed by atoms with van der Waals surface area (Å²) >= 11 is 0. The molecule has 4 rings (SSSR count). The number of alkyl halides is 3. The number of hydrogen-bond donors (Lipinski definition) is 1. The number of amides is 1. The average Bonchev–Trinajstić information content (AvgIpc) is 3.06. The Hall–Kier alpha value is -3.89. The normalized spacial score (nSPS) is 12.1. The van der Waals surface area contributed by atoms with Gasteiger partial charge in [-0.05, 0) is 30.2 Å². The van der Waals surface area contributed by atoms with Crippen molar-refractivity contribution < 1.29 is 18.0 Å². The minimum Gasteiger partial charge on any atom is -0.324 e. The molecule has 0 atom stereocenters. The van der Waals surface area contributed by atoms with Crippen LogP contribution in [-0.4, -0.2) is 24.7 Å². The second-order valence-corrected chi connectivity index (χ2v) is 7.99. The van der Waals surface area contributed by atoms with Gasteiger partial charge >= 0.3 is 11.9 Å². The number of hydrogen-bond acceptors (Lipinski definition) is 4. The van der Waals surface area contributed by atoms with E-state index in [4.69, 9.17) is 0 Å². The fourth-order valence-electron chi connectivity index (χ4n) is 3.67. The maximum atomic E-state index is 13.2. The van der Waals surface area contributed by atoms with E-state index >= 15 is 0 Å². The predicted octanol–water partition coefficient (Wildman–Crippen LogP) is 3.12. The van der Waals surface area contributed by atoms with Crippen LogP contribution in [0, 0.1) is 5.92 Å². The molecule has 0 fully saturated rings. The van der Waals surface area contributed by atoms with Crippen LogP contribution in [0.2, 0.25) is 0 Å². The number of halogens is 3. The van der Waals surface area contributed by atoms with Crippen LogP contribution in [0.5, 0.6) is 0 Å².